The van der Waals surface area contributed by atoms with Gasteiger partial charge in [0.1, 0.15) is 5.75 Å². The molecule has 1 rings (SSSR count). The van der Waals surface area contributed by atoms with Crippen molar-refractivity contribution >= 4 is 6.03 Å². The zero-order valence-electron chi connectivity index (χ0n) is 11.3. The Morgan fingerprint density at radius 3 is 2.44 bits per heavy atom. The van der Waals surface area contributed by atoms with Gasteiger partial charge in [-0.1, -0.05) is 19.1 Å². The van der Waals surface area contributed by atoms with E-state index in [-0.39, 0.29) is 12.1 Å². The van der Waals surface area contributed by atoms with Crippen LogP contribution in [0.2, 0.25) is 0 Å². The van der Waals surface area contributed by atoms with Gasteiger partial charge in [0.15, 0.2) is 0 Å². The number of nitrogens with one attached hydrogen (secondary N) is 2. The zero-order valence-corrected chi connectivity index (χ0v) is 11.3. The van der Waals surface area contributed by atoms with Crippen LogP contribution in [0.25, 0.3) is 0 Å². The van der Waals surface area contributed by atoms with E-state index in [4.69, 9.17) is 4.74 Å². The summed E-state index contributed by atoms with van der Waals surface area (Å²) in [4.78, 5) is 11.3. The molecule has 0 aromatic heterocycles. The molecule has 0 aliphatic carbocycles. The molecule has 0 heterocycles. The summed E-state index contributed by atoms with van der Waals surface area (Å²) in [7, 11) is 0. The number of hydrogen-bond acceptors (Lipinski definition) is 2. The summed E-state index contributed by atoms with van der Waals surface area (Å²) < 4.78 is 5.55. The van der Waals surface area contributed by atoms with Crippen LogP contribution in [0.5, 0.6) is 5.75 Å². The Morgan fingerprint density at radius 2 is 1.89 bits per heavy atom. The zero-order chi connectivity index (χ0) is 13.4. The van der Waals surface area contributed by atoms with E-state index in [1.165, 1.54) is 0 Å². The maximum Gasteiger partial charge on any atom is 0.315 e. The quantitative estimate of drug-likeness (QED) is 0.815. The van der Waals surface area contributed by atoms with E-state index >= 15 is 0 Å². The van der Waals surface area contributed by atoms with Crippen molar-refractivity contribution in [2.24, 2.45) is 0 Å². The van der Waals surface area contributed by atoms with Crippen LogP contribution in [0.4, 0.5) is 4.79 Å². The van der Waals surface area contributed by atoms with Gasteiger partial charge in [-0.05, 0) is 38.0 Å². The van der Waals surface area contributed by atoms with E-state index in [2.05, 4.69) is 10.6 Å². The molecule has 0 saturated heterocycles. The summed E-state index contributed by atoms with van der Waals surface area (Å²) in [5.74, 6) is 0.851. The fourth-order valence-electron chi connectivity index (χ4n) is 1.44. The third-order valence-electron chi connectivity index (χ3n) is 2.28. The predicted molar refractivity (Wildman–Crippen MR) is 72.7 cm³/mol. The number of carbonyl (C=O) groups is 1. The van der Waals surface area contributed by atoms with Crippen LogP contribution >= 0.6 is 0 Å². The molecule has 0 spiro atoms. The lowest BCUT2D eigenvalue weighted by Gasteiger charge is -2.10. The Hall–Kier alpha value is -1.71. The van der Waals surface area contributed by atoms with Crippen LogP contribution in [-0.2, 0) is 6.54 Å². The minimum absolute atomic E-state index is 0.126. The normalized spacial score (nSPS) is 10.2. The molecule has 0 aliphatic heterocycles. The molecule has 0 bridgehead atoms. The summed E-state index contributed by atoms with van der Waals surface area (Å²) in [5.41, 5.74) is 1.05. The van der Waals surface area contributed by atoms with Crippen LogP contribution in [0.15, 0.2) is 24.3 Å². The molecule has 4 nitrogen and oxygen atoms in total. The topological polar surface area (TPSA) is 50.4 Å². The number of ether oxygens (including phenoxy) is 1. The van der Waals surface area contributed by atoms with Gasteiger partial charge >= 0.3 is 6.03 Å². The van der Waals surface area contributed by atoms with E-state index in [0.717, 1.165) is 17.7 Å². The molecule has 0 aliphatic rings. The average Bonchev–Trinajstić information content (AvgIpc) is 2.35. The largest absolute Gasteiger partial charge is 0.491 e. The van der Waals surface area contributed by atoms with Gasteiger partial charge in [0.2, 0.25) is 0 Å². The monoisotopic (exact) mass is 250 g/mol. The number of carbonyl (C=O) groups excluding carboxylic acids is 1. The van der Waals surface area contributed by atoms with Crippen LogP contribution in [0, 0.1) is 0 Å². The lowest BCUT2D eigenvalue weighted by atomic mass is 10.2. The first kappa shape index (κ1) is 14.4. The molecular weight excluding hydrogens is 228 g/mol. The van der Waals surface area contributed by atoms with Crippen LogP contribution in [0.1, 0.15) is 32.8 Å². The van der Waals surface area contributed by atoms with Crippen molar-refractivity contribution in [2.45, 2.75) is 39.8 Å². The first-order chi connectivity index (χ1) is 8.61. The van der Waals surface area contributed by atoms with Crippen molar-refractivity contribution in [1.82, 2.24) is 10.6 Å². The summed E-state index contributed by atoms with van der Waals surface area (Å²) in [5, 5.41) is 5.57. The van der Waals surface area contributed by atoms with Crippen molar-refractivity contribution in [3.8, 4) is 5.75 Å². The van der Waals surface area contributed by atoms with Gasteiger partial charge < -0.3 is 15.4 Å². The van der Waals surface area contributed by atoms with Crippen molar-refractivity contribution in [3.05, 3.63) is 29.8 Å². The van der Waals surface area contributed by atoms with Crippen LogP contribution < -0.4 is 15.4 Å². The molecule has 0 radical (unpaired) electrons. The third-order valence-corrected chi connectivity index (χ3v) is 2.28. The van der Waals surface area contributed by atoms with Crippen LogP contribution in [-0.4, -0.2) is 18.7 Å². The van der Waals surface area contributed by atoms with Gasteiger partial charge in [-0.2, -0.15) is 0 Å². The van der Waals surface area contributed by atoms with Crippen LogP contribution in [0.3, 0.4) is 0 Å². The Balaban J connectivity index is 2.37. The second-order valence-corrected chi connectivity index (χ2v) is 4.42. The highest BCUT2D eigenvalue weighted by Crippen LogP contribution is 2.13. The van der Waals surface area contributed by atoms with E-state index in [0.29, 0.717) is 13.1 Å². The Morgan fingerprint density at radius 1 is 1.22 bits per heavy atom. The summed E-state index contributed by atoms with van der Waals surface area (Å²) in [6.45, 7) is 7.24. The highest BCUT2D eigenvalue weighted by molar-refractivity contribution is 5.73. The smallest absolute Gasteiger partial charge is 0.315 e. The molecule has 2 N–H and O–H groups in total. The average molecular weight is 250 g/mol. The predicted octanol–water partition coefficient (Wildman–Crippen LogP) is 2.68. The number of rotatable bonds is 6. The Bertz CT molecular complexity index is 361. The highest BCUT2D eigenvalue weighted by atomic mass is 16.5. The van der Waals surface area contributed by atoms with Gasteiger partial charge in [0.05, 0.1) is 6.10 Å². The second-order valence-electron chi connectivity index (χ2n) is 4.42. The number of amides is 2. The Labute approximate surface area is 109 Å². The number of hydrogen-bond donors (Lipinski definition) is 2. The molecule has 18 heavy (non-hydrogen) atoms. The number of benzene rings is 1. The van der Waals surface area contributed by atoms with Gasteiger partial charge in [0, 0.05) is 13.1 Å². The SMILES string of the molecule is CCCNC(=O)NCc1ccc(OC(C)C)cc1. The van der Waals surface area contributed by atoms with E-state index in [9.17, 15) is 4.79 Å². The van der Waals surface area contributed by atoms with Crippen molar-refractivity contribution < 1.29 is 9.53 Å². The van der Waals surface area contributed by atoms with Crippen molar-refractivity contribution in [2.75, 3.05) is 6.54 Å². The third kappa shape index (κ3) is 5.57. The summed E-state index contributed by atoms with van der Waals surface area (Å²) in [6.07, 6.45) is 1.11. The fourth-order valence-corrected chi connectivity index (χ4v) is 1.44. The molecule has 4 heteroatoms. The number of urea groups is 1. The minimum Gasteiger partial charge on any atom is -0.491 e. The molecule has 100 valence electrons. The maximum absolute atomic E-state index is 11.3. The van der Waals surface area contributed by atoms with Gasteiger partial charge in [0.25, 0.3) is 0 Å². The fraction of sp³-hybridized carbons (Fsp3) is 0.500. The molecule has 0 atom stereocenters. The molecule has 2 amide bonds. The van der Waals surface area contributed by atoms with Gasteiger partial charge in [-0.25, -0.2) is 4.79 Å². The lowest BCUT2D eigenvalue weighted by molar-refractivity contribution is 0.240. The van der Waals surface area contributed by atoms with Gasteiger partial charge in [-0.15, -0.1) is 0 Å². The Kier molecular flexibility index (Phi) is 6.05. The lowest BCUT2D eigenvalue weighted by Crippen LogP contribution is -2.35. The van der Waals surface area contributed by atoms with Gasteiger partial charge in [-0.3, -0.25) is 0 Å². The summed E-state index contributed by atoms with van der Waals surface area (Å²) in [6, 6.07) is 7.62. The second kappa shape index (κ2) is 7.58. The van der Waals surface area contributed by atoms with Crippen molar-refractivity contribution in [1.29, 1.82) is 0 Å². The molecular formula is C14H22N2O2. The standard InChI is InChI=1S/C14H22N2O2/c1-4-9-15-14(17)16-10-12-5-7-13(8-6-12)18-11(2)3/h5-8,11H,4,9-10H2,1-3H3,(H2,15,16,17). The molecule has 1 aromatic carbocycles. The first-order valence-corrected chi connectivity index (χ1v) is 6.39. The first-order valence-electron chi connectivity index (χ1n) is 6.39. The molecule has 0 unspecified atom stereocenters. The minimum atomic E-state index is -0.126. The summed E-state index contributed by atoms with van der Waals surface area (Å²) >= 11 is 0. The maximum atomic E-state index is 11.3. The highest BCUT2D eigenvalue weighted by Gasteiger charge is 2.00. The van der Waals surface area contributed by atoms with Crippen molar-refractivity contribution in [3.63, 3.8) is 0 Å². The van der Waals surface area contributed by atoms with E-state index < -0.39 is 0 Å². The molecule has 1 aromatic rings. The van der Waals surface area contributed by atoms with E-state index in [1.54, 1.807) is 0 Å². The van der Waals surface area contributed by atoms with E-state index in [1.807, 2.05) is 45.0 Å². The molecule has 0 saturated carbocycles. The molecule has 0 fully saturated rings.